The predicted molar refractivity (Wildman–Crippen MR) is 135 cm³/mol. The Bertz CT molecular complexity index is 1390. The number of H-pyrrole nitrogens is 1. The van der Waals surface area contributed by atoms with Crippen molar-refractivity contribution >= 4 is 25.2 Å². The minimum Gasteiger partial charge on any atom is -0.477 e. The number of pyridine rings is 1. The van der Waals surface area contributed by atoms with E-state index in [1.54, 1.807) is 10.9 Å². The Kier molecular flexibility index (Phi) is 6.67. The minimum atomic E-state index is -1.59. The molecule has 1 fully saturated rings. The fourth-order valence-corrected chi connectivity index (χ4v) is 4.35. The van der Waals surface area contributed by atoms with E-state index in [0.29, 0.717) is 48.9 Å². The molecule has 3 aromatic heterocycles. The molecule has 0 aliphatic carbocycles. The minimum absolute atomic E-state index is 0.122. The molecule has 1 aliphatic heterocycles. The molecule has 0 atom stereocenters. The van der Waals surface area contributed by atoms with Gasteiger partial charge >= 0.3 is 6.09 Å². The fourth-order valence-electron chi connectivity index (χ4n) is 3.83. The van der Waals surface area contributed by atoms with Gasteiger partial charge in [-0.1, -0.05) is 39.4 Å². The third kappa shape index (κ3) is 5.07. The topological polar surface area (TPSA) is 126 Å². The Morgan fingerprint density at radius 1 is 1.29 bits per heavy atom. The first kappa shape index (κ1) is 24.5. The van der Waals surface area contributed by atoms with Gasteiger partial charge in [0.1, 0.15) is 19.4 Å². The predicted octanol–water partition coefficient (Wildman–Crippen LogP) is 3.30. The number of nitrogens with one attached hydrogen (secondary N) is 1. The Hall–Kier alpha value is -3.65. The lowest BCUT2D eigenvalue weighted by molar-refractivity contribution is 0.0804. The Balaban J connectivity index is 1.82. The van der Waals surface area contributed by atoms with Gasteiger partial charge in [0.2, 0.25) is 5.88 Å². The summed E-state index contributed by atoms with van der Waals surface area (Å²) in [6, 6.07) is 1.73. The van der Waals surface area contributed by atoms with Crippen LogP contribution in [0.3, 0.4) is 0 Å². The summed E-state index contributed by atoms with van der Waals surface area (Å²) in [5.74, 6) is 3.93. The van der Waals surface area contributed by atoms with Crippen LogP contribution >= 0.6 is 0 Å². The van der Waals surface area contributed by atoms with Gasteiger partial charge in [-0.25, -0.2) is 14.8 Å². The van der Waals surface area contributed by atoms with Gasteiger partial charge in [-0.15, -0.1) is 5.54 Å². The van der Waals surface area contributed by atoms with Crippen LogP contribution in [0.25, 0.3) is 22.4 Å². The lowest BCUT2D eigenvalue weighted by Crippen LogP contribution is -2.50. The van der Waals surface area contributed by atoms with Crippen LogP contribution in [-0.4, -0.2) is 68.6 Å². The molecule has 10 nitrogen and oxygen atoms in total. The number of carbonyl (C=O) groups is 1. The molecular weight excluding hydrogens is 464 g/mol. The number of hydrogen-bond acceptors (Lipinski definition) is 6. The van der Waals surface area contributed by atoms with E-state index in [2.05, 4.69) is 46.2 Å². The van der Waals surface area contributed by atoms with Gasteiger partial charge in [-0.05, 0) is 18.9 Å². The fraction of sp³-hybridized carbons (Fsp3) is 0.458. The number of ether oxygens (including phenoxy) is 1. The number of amides is 1. The van der Waals surface area contributed by atoms with Crippen molar-refractivity contribution < 1.29 is 14.6 Å². The van der Waals surface area contributed by atoms with Crippen LogP contribution in [0.5, 0.6) is 5.88 Å². The Labute approximate surface area is 204 Å². The van der Waals surface area contributed by atoms with Gasteiger partial charge in [0, 0.05) is 24.8 Å². The maximum Gasteiger partial charge on any atom is 0.407 e. The third-order valence-electron chi connectivity index (χ3n) is 5.60. The number of nitrogens with zero attached hydrogens (tertiary/aromatic N) is 5. The monoisotopic (exact) mass is 494 g/mol. The Morgan fingerprint density at radius 2 is 2.03 bits per heavy atom. The molecular formula is C24H30N6O4Si. The number of aromatic amines is 1. The molecule has 184 valence electrons. The molecule has 0 unspecified atom stereocenters. The van der Waals surface area contributed by atoms with Crippen LogP contribution in [0.2, 0.25) is 19.6 Å². The molecule has 2 N–H and O–H groups in total. The third-order valence-corrected chi connectivity index (χ3v) is 6.47. The first-order chi connectivity index (χ1) is 16.6. The first-order valence-corrected chi connectivity index (χ1v) is 15.3. The lowest BCUT2D eigenvalue weighted by Gasteiger charge is -2.37. The maximum absolute atomic E-state index is 13.1. The molecule has 0 saturated carbocycles. The van der Waals surface area contributed by atoms with E-state index in [-0.39, 0.29) is 17.1 Å². The molecule has 35 heavy (non-hydrogen) atoms. The second-order valence-corrected chi connectivity index (χ2v) is 14.4. The zero-order valence-corrected chi connectivity index (χ0v) is 21.7. The normalized spacial score (nSPS) is 13.9. The highest BCUT2D eigenvalue weighted by Gasteiger charge is 2.34. The number of hydrogen-bond donors (Lipinski definition) is 2. The van der Waals surface area contributed by atoms with Crippen LogP contribution in [-0.2, 0) is 6.42 Å². The van der Waals surface area contributed by atoms with E-state index in [9.17, 15) is 9.59 Å². The number of carboxylic acid groups (broad SMARTS) is 1. The van der Waals surface area contributed by atoms with E-state index in [1.165, 1.54) is 4.90 Å². The highest BCUT2D eigenvalue weighted by atomic mass is 28.3. The molecule has 0 radical (unpaired) electrons. The molecule has 4 rings (SSSR count). The summed E-state index contributed by atoms with van der Waals surface area (Å²) in [4.78, 5) is 37.7. The largest absolute Gasteiger partial charge is 0.477 e. The van der Waals surface area contributed by atoms with Crippen LogP contribution in [0, 0.1) is 11.5 Å². The number of fused-ring (bicyclic) bond motifs is 1. The molecule has 11 heteroatoms. The first-order valence-electron chi connectivity index (χ1n) is 11.8. The maximum atomic E-state index is 13.1. The van der Waals surface area contributed by atoms with Crippen LogP contribution < -0.4 is 10.3 Å². The average molecular weight is 495 g/mol. The summed E-state index contributed by atoms with van der Waals surface area (Å²) in [6.07, 6.45) is 2.12. The van der Waals surface area contributed by atoms with Crippen molar-refractivity contribution in [2.45, 2.75) is 52.4 Å². The summed E-state index contributed by atoms with van der Waals surface area (Å²) in [7, 11) is -1.59. The number of likely N-dealkylation sites (tertiary alicyclic amines) is 1. The summed E-state index contributed by atoms with van der Waals surface area (Å²) < 4.78 is 7.61. The van der Waals surface area contributed by atoms with Crippen molar-refractivity contribution in [1.82, 2.24) is 29.6 Å². The van der Waals surface area contributed by atoms with Crippen molar-refractivity contribution in [3.05, 3.63) is 33.9 Å². The second kappa shape index (κ2) is 9.54. The van der Waals surface area contributed by atoms with Gasteiger partial charge in [-0.2, -0.15) is 5.10 Å². The zero-order valence-electron chi connectivity index (χ0n) is 20.7. The van der Waals surface area contributed by atoms with E-state index < -0.39 is 14.2 Å². The van der Waals surface area contributed by atoms with Gasteiger partial charge in [0.15, 0.2) is 5.52 Å². The quantitative estimate of drug-likeness (QED) is 0.398. The molecule has 1 amide bonds. The van der Waals surface area contributed by atoms with Gasteiger partial charge < -0.3 is 19.7 Å². The molecule has 1 aliphatic rings. The van der Waals surface area contributed by atoms with Gasteiger partial charge in [0.25, 0.3) is 5.56 Å². The van der Waals surface area contributed by atoms with E-state index in [1.807, 2.05) is 19.9 Å². The zero-order chi connectivity index (χ0) is 25.3. The van der Waals surface area contributed by atoms with Crippen molar-refractivity contribution in [1.29, 1.82) is 0 Å². The van der Waals surface area contributed by atoms with E-state index in [0.717, 1.165) is 17.7 Å². The van der Waals surface area contributed by atoms with Crippen molar-refractivity contribution in [3.8, 4) is 28.7 Å². The lowest BCUT2D eigenvalue weighted by atomic mass is 10.1. The number of rotatable bonds is 6. The average Bonchev–Trinajstić information content (AvgIpc) is 3.13. The van der Waals surface area contributed by atoms with Crippen LogP contribution in [0.15, 0.2) is 17.1 Å². The standard InChI is InChI=1S/C24H30N6O4Si/c1-6-9-34-23-17(11-15(12-25-23)8-10-35(3,4)5)21-26-19-18(7-2)30(28-20(19)22(31)27-21)16-13-29(14-16)24(32)33/h11-12,16H,6-7,9,13-14H2,1-5H3,(H,32,33)(H,26,27,31). The molecule has 1 saturated heterocycles. The number of aromatic nitrogens is 5. The second-order valence-electron chi connectivity index (χ2n) is 9.62. The van der Waals surface area contributed by atoms with Crippen molar-refractivity contribution in [2.75, 3.05) is 19.7 Å². The molecule has 4 heterocycles. The Morgan fingerprint density at radius 3 is 2.66 bits per heavy atom. The smallest absolute Gasteiger partial charge is 0.407 e. The molecule has 0 spiro atoms. The SMILES string of the molecule is CCCOc1ncc(C#C[Si](C)(C)C)cc1-c1nc2c(CC)n(C3CN(C(=O)O)C3)nc2c(=O)[nH]1. The summed E-state index contributed by atoms with van der Waals surface area (Å²) in [6.45, 7) is 11.6. The molecule has 3 aromatic rings. The summed E-state index contributed by atoms with van der Waals surface area (Å²) >= 11 is 0. The van der Waals surface area contributed by atoms with Gasteiger partial charge in [0.05, 0.1) is 23.9 Å². The van der Waals surface area contributed by atoms with E-state index >= 15 is 0 Å². The van der Waals surface area contributed by atoms with Crippen LogP contribution in [0.4, 0.5) is 4.79 Å². The highest BCUT2D eigenvalue weighted by Crippen LogP contribution is 2.29. The van der Waals surface area contributed by atoms with Crippen molar-refractivity contribution in [3.63, 3.8) is 0 Å². The molecule has 0 aromatic carbocycles. The van der Waals surface area contributed by atoms with Crippen LogP contribution in [0.1, 0.15) is 37.6 Å². The highest BCUT2D eigenvalue weighted by molar-refractivity contribution is 6.83. The molecule has 0 bridgehead atoms. The van der Waals surface area contributed by atoms with E-state index in [4.69, 9.17) is 14.8 Å². The number of aryl methyl sites for hydroxylation is 1. The summed E-state index contributed by atoms with van der Waals surface area (Å²) in [5, 5.41) is 13.7. The van der Waals surface area contributed by atoms with Crippen molar-refractivity contribution in [2.24, 2.45) is 0 Å². The summed E-state index contributed by atoms with van der Waals surface area (Å²) in [5.41, 5.74) is 5.79. The van der Waals surface area contributed by atoms with Gasteiger partial charge in [-0.3, -0.25) is 9.48 Å².